The number of rotatable bonds is 4. The van der Waals surface area contributed by atoms with Gasteiger partial charge in [0, 0.05) is 6.20 Å². The van der Waals surface area contributed by atoms with Crippen LogP contribution in [0.3, 0.4) is 0 Å². The van der Waals surface area contributed by atoms with Gasteiger partial charge in [-0.2, -0.15) is 0 Å². The number of nitrogens with zero attached hydrogens (tertiary/aromatic N) is 1. The third-order valence-corrected chi connectivity index (χ3v) is 3.70. The van der Waals surface area contributed by atoms with E-state index in [9.17, 15) is 4.79 Å². The minimum Gasteiger partial charge on any atom is -0.462 e. The third-order valence-electron chi connectivity index (χ3n) is 3.02. The maximum absolute atomic E-state index is 11.6. The lowest BCUT2D eigenvalue weighted by atomic mass is 9.83. The van der Waals surface area contributed by atoms with Gasteiger partial charge in [-0.1, -0.05) is 42.5 Å². The van der Waals surface area contributed by atoms with Crippen molar-refractivity contribution >= 4 is 29.2 Å². The van der Waals surface area contributed by atoms with Gasteiger partial charge < -0.3 is 4.74 Å². The SMILES string of the molecule is O=C(OCCC1CCC1)c1cnc(Cl)c(Cl)c1. The lowest BCUT2D eigenvalue weighted by Crippen LogP contribution is -2.15. The van der Waals surface area contributed by atoms with Crippen LogP contribution >= 0.6 is 23.2 Å². The van der Waals surface area contributed by atoms with E-state index in [4.69, 9.17) is 27.9 Å². The van der Waals surface area contributed by atoms with Crippen LogP contribution in [0, 0.1) is 5.92 Å². The quantitative estimate of drug-likeness (QED) is 0.620. The molecule has 1 aromatic rings. The second-order valence-electron chi connectivity index (χ2n) is 4.22. The summed E-state index contributed by atoms with van der Waals surface area (Å²) in [5, 5.41) is 0.456. The average Bonchev–Trinajstić information content (AvgIpc) is 2.25. The molecule has 0 unspecified atom stereocenters. The van der Waals surface area contributed by atoms with E-state index in [-0.39, 0.29) is 10.2 Å². The first-order valence-corrected chi connectivity index (χ1v) is 6.40. The second-order valence-corrected chi connectivity index (χ2v) is 4.98. The van der Waals surface area contributed by atoms with Gasteiger partial charge in [-0.25, -0.2) is 9.78 Å². The highest BCUT2D eigenvalue weighted by Gasteiger charge is 2.18. The van der Waals surface area contributed by atoms with Crippen molar-refractivity contribution in [3.63, 3.8) is 0 Å². The summed E-state index contributed by atoms with van der Waals surface area (Å²) in [6.45, 7) is 0.462. The Morgan fingerprint density at radius 1 is 1.47 bits per heavy atom. The number of pyridine rings is 1. The van der Waals surface area contributed by atoms with Crippen LogP contribution in [0.15, 0.2) is 12.3 Å². The predicted molar refractivity (Wildman–Crippen MR) is 66.5 cm³/mol. The highest BCUT2D eigenvalue weighted by atomic mass is 35.5. The summed E-state index contributed by atoms with van der Waals surface area (Å²) in [7, 11) is 0. The summed E-state index contributed by atoms with van der Waals surface area (Å²) in [5.41, 5.74) is 0.341. The molecule has 1 heterocycles. The molecule has 5 heteroatoms. The van der Waals surface area contributed by atoms with E-state index >= 15 is 0 Å². The van der Waals surface area contributed by atoms with Gasteiger partial charge >= 0.3 is 5.97 Å². The summed E-state index contributed by atoms with van der Waals surface area (Å²) in [5.74, 6) is 0.338. The average molecular weight is 274 g/mol. The zero-order valence-corrected chi connectivity index (χ0v) is 10.8. The number of carbonyl (C=O) groups excluding carboxylic acids is 1. The second kappa shape index (κ2) is 5.69. The molecule has 0 bridgehead atoms. The number of halogens is 2. The number of hydrogen-bond acceptors (Lipinski definition) is 3. The molecule has 1 aliphatic carbocycles. The van der Waals surface area contributed by atoms with Gasteiger partial charge in [0.2, 0.25) is 0 Å². The van der Waals surface area contributed by atoms with Crippen LogP contribution in [0.2, 0.25) is 10.2 Å². The smallest absolute Gasteiger partial charge is 0.339 e. The fourth-order valence-corrected chi connectivity index (χ4v) is 1.99. The van der Waals surface area contributed by atoms with E-state index in [1.165, 1.54) is 31.5 Å². The summed E-state index contributed by atoms with van der Waals surface area (Å²) in [4.78, 5) is 15.4. The highest BCUT2D eigenvalue weighted by molar-refractivity contribution is 6.41. The van der Waals surface area contributed by atoms with Crippen molar-refractivity contribution in [1.82, 2.24) is 4.98 Å². The molecule has 1 aliphatic rings. The predicted octanol–water partition coefficient (Wildman–Crippen LogP) is 3.74. The van der Waals surface area contributed by atoms with Gasteiger partial charge in [0.05, 0.1) is 17.2 Å². The molecule has 3 nitrogen and oxygen atoms in total. The fourth-order valence-electron chi connectivity index (χ4n) is 1.72. The molecule has 17 heavy (non-hydrogen) atoms. The van der Waals surface area contributed by atoms with Gasteiger partial charge in [0.1, 0.15) is 5.15 Å². The molecule has 0 radical (unpaired) electrons. The number of esters is 1. The first-order valence-electron chi connectivity index (χ1n) is 5.65. The van der Waals surface area contributed by atoms with Crippen molar-refractivity contribution in [3.8, 4) is 0 Å². The first kappa shape index (κ1) is 12.7. The zero-order chi connectivity index (χ0) is 12.3. The van der Waals surface area contributed by atoms with Gasteiger partial charge in [0.15, 0.2) is 0 Å². The molecule has 0 aromatic carbocycles. The van der Waals surface area contributed by atoms with E-state index in [2.05, 4.69) is 4.98 Å². The van der Waals surface area contributed by atoms with Gasteiger partial charge in [0.25, 0.3) is 0 Å². The Kier molecular flexibility index (Phi) is 4.24. The van der Waals surface area contributed by atoms with E-state index in [1.54, 1.807) is 0 Å². The summed E-state index contributed by atoms with van der Waals surface area (Å²) < 4.78 is 5.15. The largest absolute Gasteiger partial charge is 0.462 e. The Morgan fingerprint density at radius 2 is 2.24 bits per heavy atom. The summed E-state index contributed by atoms with van der Waals surface area (Å²) >= 11 is 11.4. The minimum absolute atomic E-state index is 0.192. The molecule has 1 aromatic heterocycles. The van der Waals surface area contributed by atoms with Crippen LogP contribution in [0.4, 0.5) is 0 Å². The fraction of sp³-hybridized carbons (Fsp3) is 0.500. The van der Waals surface area contributed by atoms with Crippen molar-refractivity contribution in [2.75, 3.05) is 6.61 Å². The Morgan fingerprint density at radius 3 is 2.82 bits per heavy atom. The topological polar surface area (TPSA) is 39.2 Å². The van der Waals surface area contributed by atoms with Crippen LogP contribution in [-0.2, 0) is 4.74 Å². The lowest BCUT2D eigenvalue weighted by Gasteiger charge is -2.24. The third kappa shape index (κ3) is 3.33. The molecular weight excluding hydrogens is 261 g/mol. The Bertz CT molecular complexity index is 419. The summed E-state index contributed by atoms with van der Waals surface area (Å²) in [6.07, 6.45) is 6.13. The van der Waals surface area contributed by atoms with Gasteiger partial charge in [-0.15, -0.1) is 0 Å². The van der Waals surface area contributed by atoms with Crippen LogP contribution in [0.1, 0.15) is 36.0 Å². The van der Waals surface area contributed by atoms with E-state index in [0.717, 1.165) is 12.3 Å². The monoisotopic (exact) mass is 273 g/mol. The van der Waals surface area contributed by atoms with E-state index < -0.39 is 5.97 Å². The number of ether oxygens (including phenoxy) is 1. The Hall–Kier alpha value is -0.800. The maximum Gasteiger partial charge on any atom is 0.339 e. The van der Waals surface area contributed by atoms with Crippen molar-refractivity contribution in [1.29, 1.82) is 0 Å². The van der Waals surface area contributed by atoms with Gasteiger partial charge in [-0.05, 0) is 18.4 Å². The van der Waals surface area contributed by atoms with Crippen molar-refractivity contribution in [2.24, 2.45) is 5.92 Å². The van der Waals surface area contributed by atoms with Crippen LogP contribution < -0.4 is 0 Å². The number of carbonyl (C=O) groups is 1. The minimum atomic E-state index is -0.393. The van der Waals surface area contributed by atoms with E-state index in [1.807, 2.05) is 0 Å². The molecule has 92 valence electrons. The standard InChI is InChI=1S/C12H13Cl2NO2/c13-10-6-9(7-15-11(10)14)12(16)17-5-4-8-2-1-3-8/h6-8H,1-5H2. The van der Waals surface area contributed by atoms with Crippen LogP contribution in [0.25, 0.3) is 0 Å². The highest BCUT2D eigenvalue weighted by Crippen LogP contribution is 2.29. The molecule has 0 spiro atoms. The molecule has 1 saturated carbocycles. The van der Waals surface area contributed by atoms with Crippen molar-refractivity contribution in [3.05, 3.63) is 28.0 Å². The Labute approximate surface area is 110 Å². The summed E-state index contributed by atoms with van der Waals surface area (Å²) in [6, 6.07) is 1.47. The molecule has 0 amide bonds. The van der Waals surface area contributed by atoms with Crippen LogP contribution in [-0.4, -0.2) is 17.6 Å². The number of hydrogen-bond donors (Lipinski definition) is 0. The molecule has 2 rings (SSSR count). The molecule has 1 fully saturated rings. The lowest BCUT2D eigenvalue weighted by molar-refractivity contribution is 0.0464. The van der Waals surface area contributed by atoms with Crippen molar-refractivity contribution in [2.45, 2.75) is 25.7 Å². The molecule has 0 aliphatic heterocycles. The molecular formula is C12H13Cl2NO2. The van der Waals surface area contributed by atoms with Gasteiger partial charge in [-0.3, -0.25) is 0 Å². The van der Waals surface area contributed by atoms with Crippen molar-refractivity contribution < 1.29 is 9.53 Å². The van der Waals surface area contributed by atoms with Crippen LogP contribution in [0.5, 0.6) is 0 Å². The molecule has 0 saturated heterocycles. The van der Waals surface area contributed by atoms with E-state index in [0.29, 0.717) is 12.2 Å². The maximum atomic E-state index is 11.6. The normalized spacial score (nSPS) is 15.4. The molecule has 0 N–H and O–H groups in total. The zero-order valence-electron chi connectivity index (χ0n) is 9.29. The molecule has 0 atom stereocenters. The number of aromatic nitrogens is 1. The first-order chi connectivity index (χ1) is 8.16. The Balaban J connectivity index is 1.83.